The Labute approximate surface area is 129 Å². The number of amides is 2. The maximum atomic E-state index is 11.9. The van der Waals surface area contributed by atoms with Crippen LogP contribution in [0, 0.1) is 0 Å². The lowest BCUT2D eigenvalue weighted by molar-refractivity contribution is -0.140. The predicted molar refractivity (Wildman–Crippen MR) is 81.0 cm³/mol. The summed E-state index contributed by atoms with van der Waals surface area (Å²) in [6, 6.07) is 9.14. The van der Waals surface area contributed by atoms with Gasteiger partial charge in [-0.2, -0.15) is 0 Å². The van der Waals surface area contributed by atoms with Gasteiger partial charge in [-0.25, -0.2) is 0 Å². The zero-order valence-electron chi connectivity index (χ0n) is 12.7. The summed E-state index contributed by atoms with van der Waals surface area (Å²) in [5.74, 6) is -1.44. The van der Waals surface area contributed by atoms with Crippen LogP contribution in [0.15, 0.2) is 30.3 Å². The smallest absolute Gasteiger partial charge is 0.309 e. The predicted octanol–water partition coefficient (Wildman–Crippen LogP) is 0.522. The first-order valence-corrected chi connectivity index (χ1v) is 7.44. The zero-order valence-corrected chi connectivity index (χ0v) is 12.7. The molecule has 2 rings (SSSR count). The van der Waals surface area contributed by atoms with Crippen molar-refractivity contribution in [2.75, 3.05) is 19.8 Å². The van der Waals surface area contributed by atoms with E-state index in [1.807, 2.05) is 37.3 Å². The highest BCUT2D eigenvalue weighted by molar-refractivity contribution is 6.35. The van der Waals surface area contributed by atoms with E-state index >= 15 is 0 Å². The maximum absolute atomic E-state index is 11.9. The van der Waals surface area contributed by atoms with Crippen molar-refractivity contribution in [3.63, 3.8) is 0 Å². The van der Waals surface area contributed by atoms with E-state index < -0.39 is 17.4 Å². The van der Waals surface area contributed by atoms with Crippen LogP contribution in [0.1, 0.15) is 31.4 Å². The van der Waals surface area contributed by atoms with Gasteiger partial charge in [-0.1, -0.05) is 30.3 Å². The van der Waals surface area contributed by atoms with Crippen molar-refractivity contribution in [1.29, 1.82) is 0 Å². The summed E-state index contributed by atoms with van der Waals surface area (Å²) in [5.41, 5.74) is -0.0640. The molecule has 6 nitrogen and oxygen atoms in total. The van der Waals surface area contributed by atoms with Crippen LogP contribution < -0.4 is 10.6 Å². The van der Waals surface area contributed by atoms with Gasteiger partial charge in [-0.05, 0) is 12.5 Å². The number of carbonyl (C=O) groups is 2. The first kappa shape index (κ1) is 16.5. The van der Waals surface area contributed by atoms with Crippen LogP contribution in [-0.4, -0.2) is 42.3 Å². The van der Waals surface area contributed by atoms with Gasteiger partial charge in [0, 0.05) is 32.6 Å². The number of benzene rings is 1. The number of carbonyl (C=O) groups excluding carboxylic acids is 2. The number of hydrogen-bond donors (Lipinski definition) is 3. The molecule has 6 heteroatoms. The summed E-state index contributed by atoms with van der Waals surface area (Å²) in [7, 11) is 0. The molecule has 3 N–H and O–H groups in total. The Morgan fingerprint density at radius 2 is 1.86 bits per heavy atom. The van der Waals surface area contributed by atoms with Gasteiger partial charge in [0.05, 0.1) is 11.6 Å². The fourth-order valence-electron chi connectivity index (χ4n) is 2.34. The third-order valence-corrected chi connectivity index (χ3v) is 3.85. The maximum Gasteiger partial charge on any atom is 0.309 e. The van der Waals surface area contributed by atoms with Crippen molar-refractivity contribution in [3.8, 4) is 0 Å². The molecule has 0 radical (unpaired) electrons. The Bertz CT molecular complexity index is 512. The van der Waals surface area contributed by atoms with Crippen LogP contribution >= 0.6 is 0 Å². The van der Waals surface area contributed by atoms with E-state index in [2.05, 4.69) is 10.6 Å². The molecule has 1 aliphatic rings. The monoisotopic (exact) mass is 306 g/mol. The van der Waals surface area contributed by atoms with E-state index in [4.69, 9.17) is 4.74 Å². The Balaban J connectivity index is 1.81. The van der Waals surface area contributed by atoms with Gasteiger partial charge in [-0.3, -0.25) is 9.59 Å². The number of rotatable bonds is 4. The molecule has 1 saturated heterocycles. The molecular formula is C16H22N2O4. The number of aliphatic hydroxyl groups is 1. The van der Waals surface area contributed by atoms with E-state index in [1.54, 1.807) is 0 Å². The average Bonchev–Trinajstić information content (AvgIpc) is 2.54. The summed E-state index contributed by atoms with van der Waals surface area (Å²) >= 11 is 0. The minimum atomic E-state index is -0.987. The molecule has 1 aliphatic heterocycles. The van der Waals surface area contributed by atoms with Crippen molar-refractivity contribution < 1.29 is 19.4 Å². The lowest BCUT2D eigenvalue weighted by Gasteiger charge is -2.31. The van der Waals surface area contributed by atoms with Gasteiger partial charge in [0.2, 0.25) is 0 Å². The standard InChI is InChI=1S/C16H22N2O4/c1-12(13-5-3-2-4-6-13)18-15(20)14(19)17-11-16(21)7-9-22-10-8-16/h2-6,12,21H,7-11H2,1H3,(H,17,19)(H,18,20)/t12-/m0/s1. The first-order chi connectivity index (χ1) is 10.5. The van der Waals surface area contributed by atoms with E-state index in [0.29, 0.717) is 26.1 Å². The van der Waals surface area contributed by atoms with Crippen molar-refractivity contribution in [3.05, 3.63) is 35.9 Å². The fraction of sp³-hybridized carbons (Fsp3) is 0.500. The Hall–Kier alpha value is -1.92. The second-order valence-electron chi connectivity index (χ2n) is 5.63. The quantitative estimate of drug-likeness (QED) is 0.708. The molecule has 0 bridgehead atoms. The highest BCUT2D eigenvalue weighted by atomic mass is 16.5. The van der Waals surface area contributed by atoms with Crippen LogP contribution in [-0.2, 0) is 14.3 Å². The Kier molecular flexibility index (Phi) is 5.51. The summed E-state index contributed by atoms with van der Waals surface area (Å²) in [4.78, 5) is 23.7. The second-order valence-corrected chi connectivity index (χ2v) is 5.63. The third kappa shape index (κ3) is 4.54. The lowest BCUT2D eigenvalue weighted by Crippen LogP contribution is -2.50. The van der Waals surface area contributed by atoms with Gasteiger partial charge >= 0.3 is 11.8 Å². The molecular weight excluding hydrogens is 284 g/mol. The molecule has 1 heterocycles. The topological polar surface area (TPSA) is 87.7 Å². The molecule has 1 fully saturated rings. The first-order valence-electron chi connectivity index (χ1n) is 7.44. The summed E-state index contributed by atoms with van der Waals surface area (Å²) in [6.07, 6.45) is 0.907. The van der Waals surface area contributed by atoms with E-state index in [0.717, 1.165) is 5.56 Å². The van der Waals surface area contributed by atoms with Gasteiger partial charge in [0.15, 0.2) is 0 Å². The van der Waals surface area contributed by atoms with Crippen LogP contribution in [0.4, 0.5) is 0 Å². The van der Waals surface area contributed by atoms with Crippen molar-refractivity contribution >= 4 is 11.8 Å². The van der Waals surface area contributed by atoms with E-state index in [-0.39, 0.29) is 12.6 Å². The minimum absolute atomic E-state index is 0.0579. The largest absolute Gasteiger partial charge is 0.388 e. The van der Waals surface area contributed by atoms with Crippen LogP contribution in [0.2, 0.25) is 0 Å². The minimum Gasteiger partial charge on any atom is -0.388 e. The highest BCUT2D eigenvalue weighted by Crippen LogP contribution is 2.19. The Morgan fingerprint density at radius 3 is 2.50 bits per heavy atom. The molecule has 0 aromatic heterocycles. The van der Waals surface area contributed by atoms with Crippen molar-refractivity contribution in [1.82, 2.24) is 10.6 Å². The van der Waals surface area contributed by atoms with Gasteiger partial charge in [0.1, 0.15) is 0 Å². The average molecular weight is 306 g/mol. The molecule has 0 aliphatic carbocycles. The van der Waals surface area contributed by atoms with E-state index in [1.165, 1.54) is 0 Å². The van der Waals surface area contributed by atoms with Gasteiger partial charge < -0.3 is 20.5 Å². The lowest BCUT2D eigenvalue weighted by atomic mass is 9.94. The van der Waals surface area contributed by atoms with E-state index in [9.17, 15) is 14.7 Å². The fourth-order valence-corrected chi connectivity index (χ4v) is 2.34. The summed E-state index contributed by atoms with van der Waals surface area (Å²) in [6.45, 7) is 2.79. The second kappa shape index (κ2) is 7.38. The Morgan fingerprint density at radius 1 is 1.23 bits per heavy atom. The number of hydrogen-bond acceptors (Lipinski definition) is 4. The van der Waals surface area contributed by atoms with Crippen LogP contribution in [0.5, 0.6) is 0 Å². The zero-order chi connectivity index (χ0) is 16.0. The molecule has 2 amide bonds. The van der Waals surface area contributed by atoms with Crippen molar-refractivity contribution in [2.45, 2.75) is 31.4 Å². The molecule has 0 unspecified atom stereocenters. The van der Waals surface area contributed by atoms with Gasteiger partial charge in [-0.15, -0.1) is 0 Å². The van der Waals surface area contributed by atoms with Crippen LogP contribution in [0.25, 0.3) is 0 Å². The summed E-state index contributed by atoms with van der Waals surface area (Å²) < 4.78 is 5.17. The van der Waals surface area contributed by atoms with Crippen molar-refractivity contribution in [2.24, 2.45) is 0 Å². The molecule has 0 spiro atoms. The summed E-state index contributed by atoms with van der Waals surface area (Å²) in [5, 5.41) is 15.4. The SMILES string of the molecule is C[C@H](NC(=O)C(=O)NCC1(O)CCOCC1)c1ccccc1. The molecule has 22 heavy (non-hydrogen) atoms. The number of nitrogens with one attached hydrogen (secondary N) is 2. The molecule has 0 saturated carbocycles. The molecule has 120 valence electrons. The molecule has 1 aromatic rings. The third-order valence-electron chi connectivity index (χ3n) is 3.85. The van der Waals surface area contributed by atoms with Gasteiger partial charge in [0.25, 0.3) is 0 Å². The van der Waals surface area contributed by atoms with Crippen LogP contribution in [0.3, 0.4) is 0 Å². The number of ether oxygens (including phenoxy) is 1. The normalized spacial score (nSPS) is 18.3. The highest BCUT2D eigenvalue weighted by Gasteiger charge is 2.31. The molecule has 1 atom stereocenters. The molecule has 1 aromatic carbocycles.